The molecule has 3 heteroatoms. The number of nitrogens with zero attached hydrogens (tertiary/aromatic N) is 2. The lowest BCUT2D eigenvalue weighted by Gasteiger charge is -2.24. The lowest BCUT2D eigenvalue weighted by molar-refractivity contribution is 0.831. The van der Waals surface area contributed by atoms with Crippen LogP contribution in [0.5, 0.6) is 0 Å². The molecule has 2 aromatic rings. The van der Waals surface area contributed by atoms with Crippen LogP contribution in [0.15, 0.2) is 71.4 Å². The molecule has 0 heterocycles. The van der Waals surface area contributed by atoms with Gasteiger partial charge in [-0.25, -0.2) is 5.84 Å². The lowest BCUT2D eigenvalue weighted by atomic mass is 10.0. The Morgan fingerprint density at radius 3 is 2.55 bits per heavy atom. The van der Waals surface area contributed by atoms with Crippen molar-refractivity contribution in [3.63, 3.8) is 0 Å². The molecule has 0 aromatic heterocycles. The van der Waals surface area contributed by atoms with E-state index in [2.05, 4.69) is 51.3 Å². The molecule has 29 heavy (non-hydrogen) atoms. The fourth-order valence-electron chi connectivity index (χ4n) is 3.23. The molecule has 0 bridgehead atoms. The molecule has 0 amide bonds. The van der Waals surface area contributed by atoms with Crippen molar-refractivity contribution in [2.24, 2.45) is 10.8 Å². The van der Waals surface area contributed by atoms with Crippen molar-refractivity contribution in [1.82, 2.24) is 0 Å². The van der Waals surface area contributed by atoms with E-state index in [1.165, 1.54) is 5.56 Å². The Morgan fingerprint density at radius 2 is 1.90 bits per heavy atom. The van der Waals surface area contributed by atoms with Crippen molar-refractivity contribution in [2.45, 2.75) is 47.1 Å². The van der Waals surface area contributed by atoms with Crippen LogP contribution in [0.2, 0.25) is 0 Å². The van der Waals surface area contributed by atoms with E-state index in [1.807, 2.05) is 44.2 Å². The van der Waals surface area contributed by atoms with Gasteiger partial charge in [0.25, 0.3) is 0 Å². The summed E-state index contributed by atoms with van der Waals surface area (Å²) >= 11 is 0. The number of hydrazine groups is 1. The van der Waals surface area contributed by atoms with Crippen LogP contribution in [-0.2, 0) is 6.54 Å². The Hall–Kier alpha value is -2.91. The Balaban J connectivity index is 2.35. The molecular weight excluding hydrogens is 354 g/mol. The van der Waals surface area contributed by atoms with E-state index in [0.29, 0.717) is 6.54 Å². The Kier molecular flexibility index (Phi) is 8.17. The first-order chi connectivity index (χ1) is 13.9. The highest BCUT2D eigenvalue weighted by Crippen LogP contribution is 2.26. The smallest absolute Gasteiger partial charge is 0.0666 e. The third kappa shape index (κ3) is 5.78. The van der Waals surface area contributed by atoms with Crippen molar-refractivity contribution in [1.29, 1.82) is 0 Å². The van der Waals surface area contributed by atoms with Crippen molar-refractivity contribution >= 4 is 24.1 Å². The maximum Gasteiger partial charge on any atom is 0.0666 e. The first-order valence-electron chi connectivity index (χ1n) is 10.1. The lowest BCUT2D eigenvalue weighted by Crippen LogP contribution is -2.30. The number of aliphatic imine (C=N–C) groups is 1. The number of aryl methyl sites for hydroxylation is 1. The zero-order valence-electron chi connectivity index (χ0n) is 18.2. The first kappa shape index (κ1) is 22.4. The summed E-state index contributed by atoms with van der Waals surface area (Å²) in [5, 5.41) is 3.82. The summed E-state index contributed by atoms with van der Waals surface area (Å²) in [6.07, 6.45) is 6.11. The zero-order valence-corrected chi connectivity index (χ0v) is 18.2. The van der Waals surface area contributed by atoms with Crippen LogP contribution in [0.4, 0.5) is 5.69 Å². The molecule has 0 aliphatic carbocycles. The SMILES string of the molecule is C=C(CCC)N(N)c1cccc(C)c1CN=C(C)C(/C=c1/ccccc1=C)=C/C. The predicted octanol–water partition coefficient (Wildman–Crippen LogP) is 4.79. The van der Waals surface area contributed by atoms with E-state index in [-0.39, 0.29) is 0 Å². The van der Waals surface area contributed by atoms with Gasteiger partial charge in [0.2, 0.25) is 0 Å². The quantitative estimate of drug-likeness (QED) is 0.402. The summed E-state index contributed by atoms with van der Waals surface area (Å²) in [5.41, 5.74) is 6.26. The molecule has 0 spiro atoms. The Labute approximate surface area is 175 Å². The maximum absolute atomic E-state index is 6.37. The van der Waals surface area contributed by atoms with Crippen LogP contribution in [0.1, 0.15) is 44.7 Å². The van der Waals surface area contributed by atoms with Crippen LogP contribution in [0.3, 0.4) is 0 Å². The fourth-order valence-corrected chi connectivity index (χ4v) is 3.23. The summed E-state index contributed by atoms with van der Waals surface area (Å²) in [7, 11) is 0. The number of hydrogen-bond acceptors (Lipinski definition) is 3. The van der Waals surface area contributed by atoms with Gasteiger partial charge in [-0.15, -0.1) is 0 Å². The average Bonchev–Trinajstić information content (AvgIpc) is 2.71. The largest absolute Gasteiger partial charge is 0.285 e. The van der Waals surface area contributed by atoms with Gasteiger partial charge >= 0.3 is 0 Å². The van der Waals surface area contributed by atoms with Crippen LogP contribution in [0, 0.1) is 6.92 Å². The second-order valence-electron chi connectivity index (χ2n) is 7.25. The van der Waals surface area contributed by atoms with Gasteiger partial charge < -0.3 is 0 Å². The number of benzene rings is 2. The highest BCUT2D eigenvalue weighted by molar-refractivity contribution is 6.05. The molecule has 2 N–H and O–H groups in total. The van der Waals surface area contributed by atoms with E-state index in [0.717, 1.165) is 51.5 Å². The molecule has 0 aliphatic heterocycles. The van der Waals surface area contributed by atoms with Crippen LogP contribution in [0.25, 0.3) is 12.7 Å². The van der Waals surface area contributed by atoms with Gasteiger partial charge in [-0.1, -0.05) is 69.0 Å². The fraction of sp³-hybridized carbons (Fsp3) is 0.269. The highest BCUT2D eigenvalue weighted by atomic mass is 15.4. The molecule has 3 nitrogen and oxygen atoms in total. The molecule has 0 saturated carbocycles. The molecule has 0 fully saturated rings. The van der Waals surface area contributed by atoms with Crippen LogP contribution < -0.4 is 21.3 Å². The topological polar surface area (TPSA) is 41.6 Å². The Morgan fingerprint density at radius 1 is 1.17 bits per heavy atom. The molecule has 0 aliphatic rings. The summed E-state index contributed by atoms with van der Waals surface area (Å²) in [5.74, 6) is 6.37. The van der Waals surface area contributed by atoms with E-state index in [9.17, 15) is 0 Å². The predicted molar refractivity (Wildman–Crippen MR) is 128 cm³/mol. The summed E-state index contributed by atoms with van der Waals surface area (Å²) < 4.78 is 0. The second kappa shape index (κ2) is 10.6. The highest BCUT2D eigenvalue weighted by Gasteiger charge is 2.12. The number of allylic oxidation sites excluding steroid dienone is 3. The number of rotatable bonds is 8. The van der Waals surface area contributed by atoms with Crippen molar-refractivity contribution in [3.05, 3.63) is 88.0 Å². The zero-order chi connectivity index (χ0) is 21.4. The van der Waals surface area contributed by atoms with E-state index < -0.39 is 0 Å². The van der Waals surface area contributed by atoms with Gasteiger partial charge in [-0.2, -0.15) is 0 Å². The summed E-state index contributed by atoms with van der Waals surface area (Å²) in [4.78, 5) is 4.89. The van der Waals surface area contributed by atoms with Crippen molar-refractivity contribution in [2.75, 3.05) is 5.01 Å². The number of nitrogens with two attached hydrogens (primary N) is 1. The van der Waals surface area contributed by atoms with Gasteiger partial charge in [0, 0.05) is 17.0 Å². The monoisotopic (exact) mass is 387 g/mol. The van der Waals surface area contributed by atoms with Crippen LogP contribution in [-0.4, -0.2) is 5.71 Å². The van der Waals surface area contributed by atoms with Gasteiger partial charge in [0.1, 0.15) is 0 Å². The third-order valence-corrected chi connectivity index (χ3v) is 5.09. The van der Waals surface area contributed by atoms with Gasteiger partial charge in [0.05, 0.1) is 12.2 Å². The molecule has 152 valence electrons. The summed E-state index contributed by atoms with van der Waals surface area (Å²) in [6, 6.07) is 14.3. The molecular formula is C26H33N3. The average molecular weight is 388 g/mol. The molecule has 0 radical (unpaired) electrons. The summed E-state index contributed by atoms with van der Waals surface area (Å²) in [6.45, 7) is 17.1. The second-order valence-corrected chi connectivity index (χ2v) is 7.25. The van der Waals surface area contributed by atoms with Gasteiger partial charge in [-0.05, 0) is 60.9 Å². The third-order valence-electron chi connectivity index (χ3n) is 5.09. The minimum absolute atomic E-state index is 0.568. The minimum atomic E-state index is 0.568. The van der Waals surface area contributed by atoms with Crippen molar-refractivity contribution in [3.8, 4) is 0 Å². The van der Waals surface area contributed by atoms with Crippen LogP contribution >= 0.6 is 0 Å². The number of anilines is 1. The van der Waals surface area contributed by atoms with Gasteiger partial charge in [0.15, 0.2) is 0 Å². The van der Waals surface area contributed by atoms with Crippen molar-refractivity contribution < 1.29 is 0 Å². The minimum Gasteiger partial charge on any atom is -0.285 e. The first-order valence-corrected chi connectivity index (χ1v) is 10.1. The molecule has 0 unspecified atom stereocenters. The molecule has 2 aromatic carbocycles. The van der Waals surface area contributed by atoms with E-state index >= 15 is 0 Å². The maximum atomic E-state index is 6.37. The molecule has 0 saturated heterocycles. The van der Waals surface area contributed by atoms with E-state index in [4.69, 9.17) is 10.8 Å². The number of hydrogen-bond donors (Lipinski definition) is 1. The Bertz CT molecular complexity index is 1030. The molecule has 2 rings (SSSR count). The van der Waals surface area contributed by atoms with E-state index in [1.54, 1.807) is 5.01 Å². The normalized spacial score (nSPS) is 12.9. The standard InChI is InChI=1S/C26H33N3/c1-7-12-21(5)29(27)26-16-11-14-20(4)25(26)18-28-22(6)23(8-2)17-24-15-10-9-13-19(24)3/h8-11,13-17H,3,5,7,12,18,27H2,1-2,4,6H3/b23-8+,24-17-,28-22?. The van der Waals surface area contributed by atoms with Gasteiger partial charge in [-0.3, -0.25) is 10.0 Å². The molecule has 0 atom stereocenters.